The fourth-order valence-corrected chi connectivity index (χ4v) is 1.91. The van der Waals surface area contributed by atoms with E-state index in [2.05, 4.69) is 5.32 Å². The second kappa shape index (κ2) is 3.02. The Morgan fingerprint density at radius 1 is 1.21 bits per heavy atom. The molecule has 0 unspecified atom stereocenters. The van der Waals surface area contributed by atoms with Gasteiger partial charge in [-0.15, -0.1) is 0 Å². The van der Waals surface area contributed by atoms with Crippen molar-refractivity contribution in [2.75, 3.05) is 7.05 Å². The summed E-state index contributed by atoms with van der Waals surface area (Å²) in [6.45, 7) is 1.69. The summed E-state index contributed by atoms with van der Waals surface area (Å²) in [6, 6.07) is 2.77. The predicted octanol–water partition coefficient (Wildman–Crippen LogP) is 2.48. The highest BCUT2D eigenvalue weighted by Crippen LogP contribution is 2.47. The van der Waals surface area contributed by atoms with Gasteiger partial charge in [0.15, 0.2) is 0 Å². The van der Waals surface area contributed by atoms with Crippen LogP contribution >= 0.6 is 0 Å². The van der Waals surface area contributed by atoms with Gasteiger partial charge in [0.1, 0.15) is 11.6 Å². The average molecular weight is 197 g/mol. The van der Waals surface area contributed by atoms with Gasteiger partial charge in [0.2, 0.25) is 0 Å². The molecule has 1 aromatic carbocycles. The maximum absolute atomic E-state index is 13.6. The van der Waals surface area contributed by atoms with Crippen LogP contribution in [0.5, 0.6) is 0 Å². The summed E-state index contributed by atoms with van der Waals surface area (Å²) >= 11 is 0. The summed E-state index contributed by atoms with van der Waals surface area (Å²) in [7, 11) is 1.74. The van der Waals surface area contributed by atoms with Gasteiger partial charge in [-0.2, -0.15) is 0 Å². The molecule has 76 valence electrons. The van der Waals surface area contributed by atoms with Crippen LogP contribution in [-0.4, -0.2) is 7.05 Å². The fraction of sp³-hybridized carbons (Fsp3) is 0.455. The van der Waals surface area contributed by atoms with Gasteiger partial charge in [0.25, 0.3) is 0 Å². The quantitative estimate of drug-likeness (QED) is 0.768. The molecule has 1 saturated carbocycles. The Morgan fingerprint density at radius 2 is 1.71 bits per heavy atom. The van der Waals surface area contributed by atoms with E-state index in [4.69, 9.17) is 0 Å². The summed E-state index contributed by atoms with van der Waals surface area (Å²) in [5.74, 6) is -0.872. The van der Waals surface area contributed by atoms with E-state index in [1.165, 1.54) is 12.1 Å². The molecule has 2 rings (SSSR count). The Morgan fingerprint density at radius 3 is 2.07 bits per heavy atom. The van der Waals surface area contributed by atoms with Crippen LogP contribution in [0.2, 0.25) is 0 Å². The highest BCUT2D eigenvalue weighted by atomic mass is 19.1. The number of aryl methyl sites for hydroxylation is 1. The van der Waals surface area contributed by atoms with Crippen molar-refractivity contribution in [3.05, 3.63) is 34.9 Å². The first kappa shape index (κ1) is 9.59. The lowest BCUT2D eigenvalue weighted by Gasteiger charge is -2.16. The molecule has 3 heteroatoms. The first-order valence-corrected chi connectivity index (χ1v) is 4.74. The minimum atomic E-state index is -0.443. The molecular weight excluding hydrogens is 184 g/mol. The van der Waals surface area contributed by atoms with Crippen LogP contribution in [0.1, 0.15) is 24.0 Å². The lowest BCUT2D eigenvalue weighted by atomic mass is 10.0. The second-order valence-corrected chi connectivity index (χ2v) is 3.94. The van der Waals surface area contributed by atoms with Crippen LogP contribution in [0, 0.1) is 18.6 Å². The Bertz CT molecular complexity index is 347. The minimum Gasteiger partial charge on any atom is -0.310 e. The zero-order valence-corrected chi connectivity index (χ0v) is 8.32. The molecule has 0 aliphatic heterocycles. The average Bonchev–Trinajstić information content (AvgIpc) is 2.83. The van der Waals surface area contributed by atoms with Gasteiger partial charge < -0.3 is 5.32 Å². The van der Waals surface area contributed by atoms with Crippen molar-refractivity contribution in [2.24, 2.45) is 0 Å². The third-order valence-corrected chi connectivity index (χ3v) is 2.89. The molecular formula is C11H13F2N. The highest BCUT2D eigenvalue weighted by Gasteiger charge is 2.46. The van der Waals surface area contributed by atoms with Gasteiger partial charge in [0, 0.05) is 11.1 Å². The minimum absolute atomic E-state index is 0.200. The lowest BCUT2D eigenvalue weighted by molar-refractivity contribution is 0.479. The standard InChI is InChI=1S/C11H13F2N/c1-7-5-8(12)10(9(13)6-7)11(14-2)3-4-11/h5-6,14H,3-4H2,1-2H3. The van der Waals surface area contributed by atoms with E-state index in [0.29, 0.717) is 5.56 Å². The van der Waals surface area contributed by atoms with Crippen LogP contribution in [0.4, 0.5) is 8.78 Å². The highest BCUT2D eigenvalue weighted by molar-refractivity contribution is 5.35. The SMILES string of the molecule is CNC1(c2c(F)cc(C)cc2F)CC1. The number of hydrogen-bond donors (Lipinski definition) is 1. The van der Waals surface area contributed by atoms with E-state index < -0.39 is 17.2 Å². The molecule has 0 atom stereocenters. The Kier molecular flexibility index (Phi) is 2.07. The number of nitrogens with one attached hydrogen (secondary N) is 1. The molecule has 1 fully saturated rings. The number of rotatable bonds is 2. The molecule has 0 aromatic heterocycles. The maximum Gasteiger partial charge on any atom is 0.131 e. The van der Waals surface area contributed by atoms with Gasteiger partial charge in [-0.3, -0.25) is 0 Å². The normalized spacial score (nSPS) is 18.3. The van der Waals surface area contributed by atoms with E-state index in [1.54, 1.807) is 14.0 Å². The van der Waals surface area contributed by atoms with E-state index in [0.717, 1.165) is 12.8 Å². The summed E-state index contributed by atoms with van der Waals surface area (Å²) in [5, 5.41) is 2.99. The molecule has 1 N–H and O–H groups in total. The Balaban J connectivity index is 2.53. The lowest BCUT2D eigenvalue weighted by Crippen LogP contribution is -2.27. The Labute approximate surface area is 82.1 Å². The van der Waals surface area contributed by atoms with Crippen LogP contribution in [-0.2, 0) is 5.54 Å². The molecule has 1 aliphatic carbocycles. The molecule has 0 bridgehead atoms. The van der Waals surface area contributed by atoms with E-state index in [-0.39, 0.29) is 5.56 Å². The molecule has 0 amide bonds. The van der Waals surface area contributed by atoms with Gasteiger partial charge in [0.05, 0.1) is 0 Å². The molecule has 1 nitrogen and oxygen atoms in total. The van der Waals surface area contributed by atoms with Gasteiger partial charge in [-0.1, -0.05) is 0 Å². The van der Waals surface area contributed by atoms with Gasteiger partial charge >= 0.3 is 0 Å². The number of hydrogen-bond acceptors (Lipinski definition) is 1. The predicted molar refractivity (Wildman–Crippen MR) is 51.1 cm³/mol. The first-order chi connectivity index (χ1) is 6.59. The van der Waals surface area contributed by atoms with Crippen molar-refractivity contribution in [1.82, 2.24) is 5.32 Å². The summed E-state index contributed by atoms with van der Waals surface area (Å²) in [6.07, 6.45) is 1.61. The molecule has 1 aromatic rings. The third-order valence-electron chi connectivity index (χ3n) is 2.89. The summed E-state index contributed by atoms with van der Waals surface area (Å²) in [4.78, 5) is 0. The van der Waals surface area contributed by atoms with Gasteiger partial charge in [-0.25, -0.2) is 8.78 Å². The largest absolute Gasteiger partial charge is 0.310 e. The van der Waals surface area contributed by atoms with E-state index >= 15 is 0 Å². The zero-order valence-electron chi connectivity index (χ0n) is 8.32. The van der Waals surface area contributed by atoms with Crippen molar-refractivity contribution >= 4 is 0 Å². The molecule has 0 radical (unpaired) electrons. The molecule has 14 heavy (non-hydrogen) atoms. The van der Waals surface area contributed by atoms with Crippen LogP contribution in [0.3, 0.4) is 0 Å². The van der Waals surface area contributed by atoms with Gasteiger partial charge in [-0.05, 0) is 44.5 Å². The monoisotopic (exact) mass is 197 g/mol. The topological polar surface area (TPSA) is 12.0 Å². The van der Waals surface area contributed by atoms with Crippen LogP contribution in [0.25, 0.3) is 0 Å². The zero-order chi connectivity index (χ0) is 10.3. The summed E-state index contributed by atoms with van der Waals surface area (Å²) in [5.41, 5.74) is 0.378. The smallest absolute Gasteiger partial charge is 0.131 e. The van der Waals surface area contributed by atoms with Crippen LogP contribution < -0.4 is 5.32 Å². The van der Waals surface area contributed by atoms with Crippen molar-refractivity contribution in [3.8, 4) is 0 Å². The maximum atomic E-state index is 13.6. The third kappa shape index (κ3) is 1.32. The summed E-state index contributed by atoms with van der Waals surface area (Å²) < 4.78 is 27.1. The van der Waals surface area contributed by atoms with Crippen molar-refractivity contribution in [1.29, 1.82) is 0 Å². The number of halogens is 2. The molecule has 0 heterocycles. The van der Waals surface area contributed by atoms with Crippen molar-refractivity contribution in [3.63, 3.8) is 0 Å². The second-order valence-electron chi connectivity index (χ2n) is 3.94. The van der Waals surface area contributed by atoms with E-state index in [9.17, 15) is 8.78 Å². The first-order valence-electron chi connectivity index (χ1n) is 4.74. The Hall–Kier alpha value is -0.960. The van der Waals surface area contributed by atoms with Crippen molar-refractivity contribution < 1.29 is 8.78 Å². The number of benzene rings is 1. The molecule has 1 aliphatic rings. The fourth-order valence-electron chi connectivity index (χ4n) is 1.91. The molecule has 0 spiro atoms. The molecule has 0 saturated heterocycles. The van der Waals surface area contributed by atoms with E-state index in [1.807, 2.05) is 0 Å². The van der Waals surface area contributed by atoms with Crippen LogP contribution in [0.15, 0.2) is 12.1 Å². The van der Waals surface area contributed by atoms with Crippen molar-refractivity contribution in [2.45, 2.75) is 25.3 Å².